The zero-order valence-electron chi connectivity index (χ0n) is 15.4. The molecular formula is C18H30N4O2. The number of nitrogens with zero attached hydrogens (tertiary/aromatic N) is 4. The highest BCUT2D eigenvalue weighted by Gasteiger charge is 2.55. The van der Waals surface area contributed by atoms with Crippen molar-refractivity contribution in [2.45, 2.75) is 83.9 Å². The molecule has 6 nitrogen and oxygen atoms in total. The van der Waals surface area contributed by atoms with E-state index in [4.69, 9.17) is 10.3 Å². The van der Waals surface area contributed by atoms with Gasteiger partial charge in [-0.1, -0.05) is 12.0 Å². The number of hydrogen-bond donors (Lipinski definition) is 0. The summed E-state index contributed by atoms with van der Waals surface area (Å²) in [4.78, 5) is 17.6. The fourth-order valence-electron chi connectivity index (χ4n) is 4.95. The molecule has 2 aliphatic carbocycles. The zero-order chi connectivity index (χ0) is 17.5. The van der Waals surface area contributed by atoms with E-state index in [1.807, 2.05) is 25.7 Å². The molecule has 24 heavy (non-hydrogen) atoms. The Morgan fingerprint density at radius 2 is 1.92 bits per heavy atom. The molecule has 3 aliphatic rings. The van der Waals surface area contributed by atoms with E-state index in [-0.39, 0.29) is 12.1 Å². The lowest BCUT2D eigenvalue weighted by Gasteiger charge is -2.60. The summed E-state index contributed by atoms with van der Waals surface area (Å²) in [5, 5.41) is 3.83. The van der Waals surface area contributed by atoms with Crippen LogP contribution in [0, 0.1) is 17.3 Å². The summed E-state index contributed by atoms with van der Waals surface area (Å²) in [6, 6.07) is 0.518. The van der Waals surface area contributed by atoms with E-state index < -0.39 is 5.60 Å². The van der Waals surface area contributed by atoms with Gasteiger partial charge in [-0.2, -0.15) is 0 Å². The van der Waals surface area contributed by atoms with Gasteiger partial charge in [-0.25, -0.2) is 4.79 Å². The molecule has 0 radical (unpaired) electrons. The lowest BCUT2D eigenvalue weighted by Crippen LogP contribution is -2.58. The van der Waals surface area contributed by atoms with Crippen LogP contribution in [-0.2, 0) is 4.74 Å². The molecule has 6 heteroatoms. The Hall–Kier alpha value is -1.42. The van der Waals surface area contributed by atoms with Gasteiger partial charge in [0.1, 0.15) is 5.60 Å². The van der Waals surface area contributed by atoms with Crippen LogP contribution in [-0.4, -0.2) is 35.2 Å². The van der Waals surface area contributed by atoms with Crippen molar-refractivity contribution in [3.8, 4) is 0 Å². The number of piperidine rings is 1. The highest BCUT2D eigenvalue weighted by molar-refractivity contribution is 5.68. The summed E-state index contributed by atoms with van der Waals surface area (Å²) in [6.45, 7) is 8.80. The molecule has 1 saturated heterocycles. The van der Waals surface area contributed by atoms with Crippen LogP contribution < -0.4 is 0 Å². The minimum absolute atomic E-state index is 0.152. The molecule has 0 aromatic heterocycles. The van der Waals surface area contributed by atoms with Crippen LogP contribution in [0.1, 0.15) is 66.2 Å². The molecule has 1 amide bonds. The van der Waals surface area contributed by atoms with Gasteiger partial charge in [-0.3, -0.25) is 0 Å². The number of rotatable bonds is 2. The zero-order valence-corrected chi connectivity index (χ0v) is 15.4. The van der Waals surface area contributed by atoms with Crippen LogP contribution in [0.15, 0.2) is 5.11 Å². The third kappa shape index (κ3) is 3.49. The van der Waals surface area contributed by atoms with Crippen LogP contribution in [0.3, 0.4) is 0 Å². The molecule has 0 N–H and O–H groups in total. The van der Waals surface area contributed by atoms with E-state index >= 15 is 0 Å². The number of carbonyl (C=O) groups excluding carboxylic acids is 1. The standard InChI is InChI=1S/C18H30N4O2/c1-12-5-6-15(22(11-12)16(23)24-17(2,3)4)13-7-18(8-13)9-14(10-18)20-21-19/h12-15H,5-11H2,1-4H3. The molecule has 3 fully saturated rings. The van der Waals surface area contributed by atoms with Gasteiger partial charge in [-0.05, 0) is 82.1 Å². The van der Waals surface area contributed by atoms with Crippen LogP contribution in [0.4, 0.5) is 4.79 Å². The van der Waals surface area contributed by atoms with E-state index in [1.165, 1.54) is 19.3 Å². The van der Waals surface area contributed by atoms with Crippen molar-refractivity contribution in [3.05, 3.63) is 10.4 Å². The number of carbonyl (C=O) groups is 1. The Kier molecular flexibility index (Phi) is 4.45. The first kappa shape index (κ1) is 17.4. The molecule has 0 bridgehead atoms. The Balaban J connectivity index is 1.60. The Morgan fingerprint density at radius 3 is 2.50 bits per heavy atom. The summed E-state index contributed by atoms with van der Waals surface area (Å²) >= 11 is 0. The maximum atomic E-state index is 12.6. The molecular weight excluding hydrogens is 304 g/mol. The maximum absolute atomic E-state index is 12.6. The van der Waals surface area contributed by atoms with Gasteiger partial charge < -0.3 is 9.64 Å². The second-order valence-electron chi connectivity index (χ2n) is 9.32. The lowest BCUT2D eigenvalue weighted by molar-refractivity contribution is -0.0864. The monoisotopic (exact) mass is 334 g/mol. The highest BCUT2D eigenvalue weighted by atomic mass is 16.6. The van der Waals surface area contributed by atoms with E-state index in [9.17, 15) is 4.79 Å². The van der Waals surface area contributed by atoms with Gasteiger partial charge in [0.2, 0.25) is 0 Å². The first-order chi connectivity index (χ1) is 11.2. The molecule has 1 spiro atoms. The minimum atomic E-state index is -0.445. The molecule has 2 atom stereocenters. The van der Waals surface area contributed by atoms with E-state index in [0.717, 1.165) is 25.8 Å². The average Bonchev–Trinajstić information content (AvgIpc) is 2.38. The third-order valence-electron chi connectivity index (χ3n) is 5.98. The smallest absolute Gasteiger partial charge is 0.410 e. The second kappa shape index (κ2) is 6.14. The predicted octanol–water partition coefficient (Wildman–Crippen LogP) is 4.89. The van der Waals surface area contributed by atoms with E-state index in [1.54, 1.807) is 0 Å². The summed E-state index contributed by atoms with van der Waals surface area (Å²) in [6.07, 6.45) is 6.52. The molecule has 134 valence electrons. The fourth-order valence-corrected chi connectivity index (χ4v) is 4.95. The van der Waals surface area contributed by atoms with Gasteiger partial charge in [0, 0.05) is 23.5 Å². The summed E-state index contributed by atoms with van der Waals surface area (Å²) < 4.78 is 5.65. The topological polar surface area (TPSA) is 78.3 Å². The van der Waals surface area contributed by atoms with Crippen LogP contribution in [0.5, 0.6) is 0 Å². The number of azide groups is 1. The normalized spacial score (nSPS) is 38.8. The first-order valence-electron chi connectivity index (χ1n) is 9.25. The summed E-state index contributed by atoms with van der Waals surface area (Å²) in [7, 11) is 0. The molecule has 0 aromatic carbocycles. The predicted molar refractivity (Wildman–Crippen MR) is 92.5 cm³/mol. The molecule has 1 aliphatic heterocycles. The molecule has 2 unspecified atom stereocenters. The Labute approximate surface area is 144 Å². The van der Waals surface area contributed by atoms with Crippen molar-refractivity contribution in [3.63, 3.8) is 0 Å². The van der Waals surface area contributed by atoms with Crippen molar-refractivity contribution < 1.29 is 9.53 Å². The van der Waals surface area contributed by atoms with Gasteiger partial charge in [0.05, 0.1) is 0 Å². The number of amides is 1. The number of likely N-dealkylation sites (tertiary alicyclic amines) is 1. The first-order valence-corrected chi connectivity index (χ1v) is 9.25. The van der Waals surface area contributed by atoms with Crippen molar-refractivity contribution in [2.24, 2.45) is 22.4 Å². The van der Waals surface area contributed by atoms with Crippen molar-refractivity contribution in [1.29, 1.82) is 0 Å². The number of ether oxygens (including phenoxy) is 1. The van der Waals surface area contributed by atoms with Crippen molar-refractivity contribution >= 4 is 6.09 Å². The maximum Gasteiger partial charge on any atom is 0.410 e. The molecule has 0 aromatic rings. The van der Waals surface area contributed by atoms with Crippen molar-refractivity contribution in [2.75, 3.05) is 6.54 Å². The summed E-state index contributed by atoms with van der Waals surface area (Å²) in [5.74, 6) is 1.12. The SMILES string of the molecule is CC1CCC(C2CC3(CC(N=[N+]=[N-])C3)C2)N(C(=O)OC(C)(C)C)C1. The van der Waals surface area contributed by atoms with E-state index in [2.05, 4.69) is 16.9 Å². The van der Waals surface area contributed by atoms with Gasteiger partial charge in [0.15, 0.2) is 0 Å². The number of hydrogen-bond acceptors (Lipinski definition) is 3. The fraction of sp³-hybridized carbons (Fsp3) is 0.944. The van der Waals surface area contributed by atoms with E-state index in [0.29, 0.717) is 23.3 Å². The van der Waals surface area contributed by atoms with Crippen LogP contribution in [0.2, 0.25) is 0 Å². The molecule has 2 saturated carbocycles. The highest BCUT2D eigenvalue weighted by Crippen LogP contribution is 2.61. The minimum Gasteiger partial charge on any atom is -0.444 e. The van der Waals surface area contributed by atoms with Gasteiger partial charge in [0.25, 0.3) is 0 Å². The second-order valence-corrected chi connectivity index (χ2v) is 9.32. The van der Waals surface area contributed by atoms with Crippen LogP contribution >= 0.6 is 0 Å². The Bertz CT molecular complexity index is 536. The lowest BCUT2D eigenvalue weighted by atomic mass is 9.48. The third-order valence-corrected chi connectivity index (χ3v) is 5.98. The quantitative estimate of drug-likeness (QED) is 0.409. The van der Waals surface area contributed by atoms with Crippen molar-refractivity contribution in [1.82, 2.24) is 4.90 Å². The average molecular weight is 334 g/mol. The molecule has 3 rings (SSSR count). The molecule has 1 heterocycles. The van der Waals surface area contributed by atoms with Gasteiger partial charge in [-0.15, -0.1) is 0 Å². The van der Waals surface area contributed by atoms with Gasteiger partial charge >= 0.3 is 6.09 Å². The Morgan fingerprint density at radius 1 is 1.25 bits per heavy atom. The van der Waals surface area contributed by atoms with Crippen LogP contribution in [0.25, 0.3) is 10.4 Å². The largest absolute Gasteiger partial charge is 0.444 e. The summed E-state index contributed by atoms with van der Waals surface area (Å²) in [5.41, 5.74) is 8.48.